The van der Waals surface area contributed by atoms with Crippen molar-refractivity contribution in [2.24, 2.45) is 11.3 Å². The monoisotopic (exact) mass is 183 g/mol. The van der Waals surface area contributed by atoms with E-state index in [1.54, 1.807) is 0 Å². The summed E-state index contributed by atoms with van der Waals surface area (Å²) in [4.78, 5) is 0. The summed E-state index contributed by atoms with van der Waals surface area (Å²) in [7, 11) is 0. The molecule has 0 aromatic rings. The van der Waals surface area contributed by atoms with Crippen LogP contribution in [0.5, 0.6) is 0 Å². The summed E-state index contributed by atoms with van der Waals surface area (Å²) in [5.74, 6) is 0.848. The normalized spacial score (nSPS) is 24.2. The first kappa shape index (κ1) is 11.0. The molecule has 1 aliphatic heterocycles. The standard InChI is InChI=1S/C12H25N/c1-10(2)7-8-12(3,4)11-6-5-9-13-11/h10-11,13H,5-9H2,1-4H3/t11-/m0/s1. The zero-order valence-electron chi connectivity index (χ0n) is 9.69. The van der Waals surface area contributed by atoms with Crippen LogP contribution in [0.1, 0.15) is 53.4 Å². The van der Waals surface area contributed by atoms with Crippen molar-refractivity contribution >= 4 is 0 Å². The average Bonchev–Trinajstić information content (AvgIpc) is 2.53. The van der Waals surface area contributed by atoms with Crippen LogP contribution in [0.25, 0.3) is 0 Å². The molecular weight excluding hydrogens is 158 g/mol. The van der Waals surface area contributed by atoms with Crippen LogP contribution in [0.3, 0.4) is 0 Å². The maximum absolute atomic E-state index is 3.62. The molecule has 0 saturated carbocycles. The second kappa shape index (κ2) is 4.45. The summed E-state index contributed by atoms with van der Waals surface area (Å²) in [5, 5.41) is 3.62. The molecule has 0 unspecified atom stereocenters. The molecule has 0 amide bonds. The Morgan fingerprint density at radius 2 is 2.08 bits per heavy atom. The SMILES string of the molecule is CC(C)CCC(C)(C)[C@@H]1CCCN1. The molecule has 0 aliphatic carbocycles. The molecule has 1 heteroatoms. The molecule has 1 fully saturated rings. The van der Waals surface area contributed by atoms with E-state index < -0.39 is 0 Å². The highest BCUT2D eigenvalue weighted by molar-refractivity contribution is 4.87. The summed E-state index contributed by atoms with van der Waals surface area (Å²) in [6.45, 7) is 10.7. The van der Waals surface area contributed by atoms with Gasteiger partial charge in [-0.3, -0.25) is 0 Å². The van der Waals surface area contributed by atoms with Gasteiger partial charge in [0.25, 0.3) is 0 Å². The van der Waals surface area contributed by atoms with Crippen LogP contribution in [0.4, 0.5) is 0 Å². The van der Waals surface area contributed by atoms with Crippen molar-refractivity contribution in [2.45, 2.75) is 59.4 Å². The van der Waals surface area contributed by atoms with Crippen LogP contribution in [-0.4, -0.2) is 12.6 Å². The Bertz CT molecular complexity index is 143. The minimum absolute atomic E-state index is 0.501. The first-order valence-electron chi connectivity index (χ1n) is 5.76. The predicted molar refractivity (Wildman–Crippen MR) is 58.9 cm³/mol. The minimum atomic E-state index is 0.501. The first-order valence-corrected chi connectivity index (χ1v) is 5.76. The molecule has 0 spiro atoms. The molecule has 13 heavy (non-hydrogen) atoms. The molecule has 0 aromatic heterocycles. The highest BCUT2D eigenvalue weighted by atomic mass is 15.0. The third-order valence-electron chi connectivity index (χ3n) is 3.37. The van der Waals surface area contributed by atoms with Gasteiger partial charge in [-0.05, 0) is 37.1 Å². The van der Waals surface area contributed by atoms with Gasteiger partial charge in [0.15, 0.2) is 0 Å². The van der Waals surface area contributed by atoms with Crippen molar-refractivity contribution in [3.05, 3.63) is 0 Å². The highest BCUT2D eigenvalue weighted by Gasteiger charge is 2.30. The van der Waals surface area contributed by atoms with Gasteiger partial charge in [0.05, 0.1) is 0 Å². The first-order chi connectivity index (χ1) is 6.02. The van der Waals surface area contributed by atoms with Crippen molar-refractivity contribution < 1.29 is 0 Å². The van der Waals surface area contributed by atoms with Gasteiger partial charge in [0.2, 0.25) is 0 Å². The predicted octanol–water partition coefficient (Wildman–Crippen LogP) is 3.20. The fourth-order valence-corrected chi connectivity index (χ4v) is 2.19. The van der Waals surface area contributed by atoms with Crippen molar-refractivity contribution in [3.8, 4) is 0 Å². The van der Waals surface area contributed by atoms with Gasteiger partial charge in [0.1, 0.15) is 0 Å². The van der Waals surface area contributed by atoms with Gasteiger partial charge in [-0.15, -0.1) is 0 Å². The molecule has 1 N–H and O–H groups in total. The van der Waals surface area contributed by atoms with E-state index in [0.29, 0.717) is 5.41 Å². The summed E-state index contributed by atoms with van der Waals surface area (Å²) in [6, 6.07) is 0.770. The summed E-state index contributed by atoms with van der Waals surface area (Å²) >= 11 is 0. The number of hydrogen-bond acceptors (Lipinski definition) is 1. The average molecular weight is 183 g/mol. The van der Waals surface area contributed by atoms with Gasteiger partial charge in [-0.25, -0.2) is 0 Å². The van der Waals surface area contributed by atoms with Crippen LogP contribution in [0.2, 0.25) is 0 Å². The van der Waals surface area contributed by atoms with Crippen molar-refractivity contribution in [2.75, 3.05) is 6.54 Å². The molecular formula is C12H25N. The van der Waals surface area contributed by atoms with Gasteiger partial charge < -0.3 is 5.32 Å². The molecule has 1 nitrogen and oxygen atoms in total. The Morgan fingerprint density at radius 3 is 2.54 bits per heavy atom. The lowest BCUT2D eigenvalue weighted by atomic mass is 9.78. The third-order valence-corrected chi connectivity index (χ3v) is 3.37. The zero-order chi connectivity index (χ0) is 9.90. The van der Waals surface area contributed by atoms with E-state index >= 15 is 0 Å². The maximum atomic E-state index is 3.62. The second-order valence-corrected chi connectivity index (χ2v) is 5.57. The molecule has 1 rings (SSSR count). The Morgan fingerprint density at radius 1 is 1.38 bits per heavy atom. The quantitative estimate of drug-likeness (QED) is 0.706. The van der Waals surface area contributed by atoms with Crippen LogP contribution in [0, 0.1) is 11.3 Å². The molecule has 1 heterocycles. The zero-order valence-corrected chi connectivity index (χ0v) is 9.69. The van der Waals surface area contributed by atoms with Gasteiger partial charge in [0, 0.05) is 6.04 Å². The van der Waals surface area contributed by atoms with Crippen LogP contribution < -0.4 is 5.32 Å². The summed E-state index contributed by atoms with van der Waals surface area (Å²) < 4.78 is 0. The van der Waals surface area contributed by atoms with E-state index in [2.05, 4.69) is 33.0 Å². The van der Waals surface area contributed by atoms with Gasteiger partial charge in [-0.1, -0.05) is 34.1 Å². The fraction of sp³-hybridized carbons (Fsp3) is 1.00. The Balaban J connectivity index is 2.35. The third kappa shape index (κ3) is 3.30. The molecule has 78 valence electrons. The second-order valence-electron chi connectivity index (χ2n) is 5.57. The van der Waals surface area contributed by atoms with Crippen LogP contribution in [0.15, 0.2) is 0 Å². The van der Waals surface area contributed by atoms with E-state index in [1.807, 2.05) is 0 Å². The summed E-state index contributed by atoms with van der Waals surface area (Å²) in [6.07, 6.45) is 5.48. The van der Waals surface area contributed by atoms with E-state index in [0.717, 1.165) is 12.0 Å². The smallest absolute Gasteiger partial charge is 0.0119 e. The van der Waals surface area contributed by atoms with E-state index in [4.69, 9.17) is 0 Å². The number of nitrogens with one attached hydrogen (secondary N) is 1. The lowest BCUT2D eigenvalue weighted by Crippen LogP contribution is -2.37. The van der Waals surface area contributed by atoms with Gasteiger partial charge in [-0.2, -0.15) is 0 Å². The number of hydrogen-bond donors (Lipinski definition) is 1. The Hall–Kier alpha value is -0.0400. The lowest BCUT2D eigenvalue weighted by Gasteiger charge is -2.32. The lowest BCUT2D eigenvalue weighted by molar-refractivity contribution is 0.226. The van der Waals surface area contributed by atoms with Crippen LogP contribution >= 0.6 is 0 Å². The Kier molecular flexibility index (Phi) is 3.78. The topological polar surface area (TPSA) is 12.0 Å². The highest BCUT2D eigenvalue weighted by Crippen LogP contribution is 2.32. The number of rotatable bonds is 4. The van der Waals surface area contributed by atoms with Crippen molar-refractivity contribution in [1.82, 2.24) is 5.32 Å². The van der Waals surface area contributed by atoms with Crippen LogP contribution in [-0.2, 0) is 0 Å². The van der Waals surface area contributed by atoms with Crippen molar-refractivity contribution in [3.63, 3.8) is 0 Å². The van der Waals surface area contributed by atoms with Crippen molar-refractivity contribution in [1.29, 1.82) is 0 Å². The molecule has 1 atom stereocenters. The molecule has 1 saturated heterocycles. The molecule has 0 aromatic carbocycles. The largest absolute Gasteiger partial charge is 0.313 e. The minimum Gasteiger partial charge on any atom is -0.313 e. The molecule has 0 bridgehead atoms. The Labute approximate surface area is 83.3 Å². The molecule has 1 aliphatic rings. The molecule has 0 radical (unpaired) electrons. The summed E-state index contributed by atoms with van der Waals surface area (Å²) in [5.41, 5.74) is 0.501. The van der Waals surface area contributed by atoms with Gasteiger partial charge >= 0.3 is 0 Å². The van der Waals surface area contributed by atoms with E-state index in [9.17, 15) is 0 Å². The fourth-order valence-electron chi connectivity index (χ4n) is 2.19. The maximum Gasteiger partial charge on any atom is 0.0119 e. The van der Waals surface area contributed by atoms with E-state index in [1.165, 1.54) is 32.2 Å². The van der Waals surface area contributed by atoms with E-state index in [-0.39, 0.29) is 0 Å².